The molecule has 2 aromatic heterocycles. The number of Topliss-reactive ketones (excluding diaryl/α,β-unsaturated/α-hetero) is 1. The molecule has 150 valence electrons. The van der Waals surface area contributed by atoms with Gasteiger partial charge in [-0.3, -0.25) is 9.59 Å². The monoisotopic (exact) mass is 414 g/mol. The minimum atomic E-state index is -4.51. The Morgan fingerprint density at radius 3 is 2.61 bits per heavy atom. The summed E-state index contributed by atoms with van der Waals surface area (Å²) < 4.78 is 37.8. The number of nitrogens with one attached hydrogen (secondary N) is 2. The lowest BCUT2D eigenvalue weighted by molar-refractivity contribution is -0.137. The van der Waals surface area contributed by atoms with Crippen LogP contribution in [0.1, 0.15) is 42.1 Å². The Morgan fingerprint density at radius 1 is 1.21 bits per heavy atom. The highest BCUT2D eigenvalue weighted by molar-refractivity contribution is 6.32. The van der Waals surface area contributed by atoms with Crippen molar-refractivity contribution in [3.63, 3.8) is 0 Å². The number of rotatable bonds is 8. The Bertz CT molecular complexity index is 859. The largest absolute Gasteiger partial charge is 0.417 e. The number of hydrogen-bond acceptors (Lipinski definition) is 5. The zero-order valence-corrected chi connectivity index (χ0v) is 15.7. The molecule has 2 heterocycles. The molecule has 0 aliphatic heterocycles. The van der Waals surface area contributed by atoms with Crippen molar-refractivity contribution in [1.29, 1.82) is 0 Å². The highest BCUT2D eigenvalue weighted by Gasteiger charge is 2.31. The number of hydrogen-bond donors (Lipinski definition) is 2. The minimum Gasteiger partial charge on any atom is -0.369 e. The van der Waals surface area contributed by atoms with Crippen molar-refractivity contribution in [3.05, 3.63) is 46.7 Å². The summed E-state index contributed by atoms with van der Waals surface area (Å²) in [5, 5.41) is 5.24. The molecule has 0 aliphatic carbocycles. The van der Waals surface area contributed by atoms with Crippen molar-refractivity contribution in [2.45, 2.75) is 32.4 Å². The summed E-state index contributed by atoms with van der Waals surface area (Å²) >= 11 is 5.81. The molecule has 0 unspecified atom stereocenters. The van der Waals surface area contributed by atoms with E-state index < -0.39 is 11.7 Å². The molecule has 0 bridgehead atoms. The maximum atomic E-state index is 12.6. The SMILES string of the molecule is CCC(=O)Nc1cc(C(=O)CCCNc2ncc(C(F)(F)F)cc2Cl)ccn1. The number of ketones is 1. The Morgan fingerprint density at radius 2 is 1.96 bits per heavy atom. The van der Waals surface area contributed by atoms with Crippen LogP contribution < -0.4 is 10.6 Å². The predicted octanol–water partition coefficient (Wildman–Crippen LogP) is 4.57. The van der Waals surface area contributed by atoms with Gasteiger partial charge in [-0.25, -0.2) is 9.97 Å². The first-order chi connectivity index (χ1) is 13.2. The zero-order chi connectivity index (χ0) is 20.7. The second-order valence-corrected chi connectivity index (χ2v) is 6.24. The van der Waals surface area contributed by atoms with E-state index in [1.165, 1.54) is 12.3 Å². The smallest absolute Gasteiger partial charge is 0.369 e. The van der Waals surface area contributed by atoms with Crippen LogP contribution in [-0.2, 0) is 11.0 Å². The molecule has 0 saturated carbocycles. The third-order valence-electron chi connectivity index (χ3n) is 3.71. The highest BCUT2D eigenvalue weighted by atomic mass is 35.5. The van der Waals surface area contributed by atoms with E-state index in [0.29, 0.717) is 37.0 Å². The summed E-state index contributed by atoms with van der Waals surface area (Å²) in [6, 6.07) is 3.84. The lowest BCUT2D eigenvalue weighted by Crippen LogP contribution is -2.12. The Kier molecular flexibility index (Phi) is 7.33. The number of alkyl halides is 3. The van der Waals surface area contributed by atoms with Gasteiger partial charge in [0.05, 0.1) is 10.6 Å². The molecule has 0 atom stereocenters. The van der Waals surface area contributed by atoms with Crippen LogP contribution in [0.25, 0.3) is 0 Å². The Balaban J connectivity index is 1.86. The number of aromatic nitrogens is 2. The summed E-state index contributed by atoms with van der Waals surface area (Å²) in [5.74, 6) is 0.0667. The first kappa shape index (κ1) is 21.6. The van der Waals surface area contributed by atoms with E-state index in [9.17, 15) is 22.8 Å². The van der Waals surface area contributed by atoms with Gasteiger partial charge in [-0.15, -0.1) is 0 Å². The molecule has 6 nitrogen and oxygen atoms in total. The Labute approximate surface area is 164 Å². The lowest BCUT2D eigenvalue weighted by Gasteiger charge is -2.10. The van der Waals surface area contributed by atoms with Gasteiger partial charge in [-0.2, -0.15) is 13.2 Å². The van der Waals surface area contributed by atoms with E-state index in [1.807, 2.05) is 0 Å². The van der Waals surface area contributed by atoms with Gasteiger partial charge in [0, 0.05) is 37.3 Å². The third kappa shape index (κ3) is 6.19. The molecule has 0 aliphatic rings. The van der Waals surface area contributed by atoms with Gasteiger partial charge < -0.3 is 10.6 Å². The summed E-state index contributed by atoms with van der Waals surface area (Å²) in [4.78, 5) is 31.3. The maximum absolute atomic E-state index is 12.6. The first-order valence-electron chi connectivity index (χ1n) is 8.46. The fraction of sp³-hybridized carbons (Fsp3) is 0.333. The normalized spacial score (nSPS) is 11.2. The van der Waals surface area contributed by atoms with Gasteiger partial charge in [0.1, 0.15) is 11.6 Å². The fourth-order valence-electron chi connectivity index (χ4n) is 2.23. The van der Waals surface area contributed by atoms with Crippen LogP contribution in [0.3, 0.4) is 0 Å². The first-order valence-corrected chi connectivity index (χ1v) is 8.84. The molecule has 0 spiro atoms. The van der Waals surface area contributed by atoms with Crippen LogP contribution in [0.5, 0.6) is 0 Å². The second kappa shape index (κ2) is 9.50. The molecule has 28 heavy (non-hydrogen) atoms. The summed E-state index contributed by atoms with van der Waals surface area (Å²) in [6.07, 6.45) is -1.48. The predicted molar refractivity (Wildman–Crippen MR) is 99.5 cm³/mol. The van der Waals surface area contributed by atoms with Gasteiger partial charge >= 0.3 is 6.18 Å². The number of anilines is 2. The van der Waals surface area contributed by atoms with E-state index in [-0.39, 0.29) is 29.0 Å². The molecular formula is C18H18ClF3N4O2. The summed E-state index contributed by atoms with van der Waals surface area (Å²) in [6.45, 7) is 2.00. The number of pyridine rings is 2. The maximum Gasteiger partial charge on any atom is 0.417 e. The van der Waals surface area contributed by atoms with Gasteiger partial charge in [0.25, 0.3) is 0 Å². The summed E-state index contributed by atoms with van der Waals surface area (Å²) in [5.41, 5.74) is -0.519. The van der Waals surface area contributed by atoms with E-state index in [0.717, 1.165) is 6.07 Å². The number of halogens is 4. The van der Waals surface area contributed by atoms with Crippen molar-refractivity contribution in [2.24, 2.45) is 0 Å². The average Bonchev–Trinajstić information content (AvgIpc) is 2.65. The molecule has 0 radical (unpaired) electrons. The second-order valence-electron chi connectivity index (χ2n) is 5.84. The molecule has 2 N–H and O–H groups in total. The molecule has 0 saturated heterocycles. The van der Waals surface area contributed by atoms with Crippen LogP contribution in [0.2, 0.25) is 5.02 Å². The summed E-state index contributed by atoms with van der Waals surface area (Å²) in [7, 11) is 0. The van der Waals surface area contributed by atoms with Crippen LogP contribution in [0, 0.1) is 0 Å². The van der Waals surface area contributed by atoms with Crippen molar-refractivity contribution in [1.82, 2.24) is 9.97 Å². The van der Waals surface area contributed by atoms with Gasteiger partial charge in [0.15, 0.2) is 5.78 Å². The highest BCUT2D eigenvalue weighted by Crippen LogP contribution is 2.32. The molecular weight excluding hydrogens is 397 g/mol. The fourth-order valence-corrected chi connectivity index (χ4v) is 2.46. The van der Waals surface area contributed by atoms with Crippen molar-refractivity contribution in [3.8, 4) is 0 Å². The number of nitrogens with zero attached hydrogens (tertiary/aromatic N) is 2. The number of amides is 1. The quantitative estimate of drug-likeness (QED) is 0.488. The minimum absolute atomic E-state index is 0.121. The molecule has 0 fully saturated rings. The van der Waals surface area contributed by atoms with E-state index in [4.69, 9.17) is 11.6 Å². The van der Waals surface area contributed by atoms with Gasteiger partial charge in [0.2, 0.25) is 5.91 Å². The average molecular weight is 415 g/mol. The van der Waals surface area contributed by atoms with Crippen LogP contribution in [-0.4, -0.2) is 28.2 Å². The van der Waals surface area contributed by atoms with E-state index in [2.05, 4.69) is 20.6 Å². The topological polar surface area (TPSA) is 84.0 Å². The molecule has 2 rings (SSSR count). The molecule has 2 aromatic rings. The van der Waals surface area contributed by atoms with Gasteiger partial charge in [-0.1, -0.05) is 18.5 Å². The van der Waals surface area contributed by atoms with Crippen LogP contribution >= 0.6 is 11.6 Å². The lowest BCUT2D eigenvalue weighted by atomic mass is 10.1. The van der Waals surface area contributed by atoms with E-state index >= 15 is 0 Å². The molecule has 0 aromatic carbocycles. The van der Waals surface area contributed by atoms with Crippen LogP contribution in [0.15, 0.2) is 30.6 Å². The standard InChI is InChI=1S/C18H18ClF3N4O2/c1-2-16(28)26-15-8-11(5-7-23-15)14(27)4-3-6-24-17-13(19)9-12(10-25-17)18(20,21)22/h5,7-10H,2-4,6H2,1H3,(H,24,25)(H,23,26,28). The van der Waals surface area contributed by atoms with Crippen molar-refractivity contribution in [2.75, 3.05) is 17.2 Å². The third-order valence-corrected chi connectivity index (χ3v) is 4.00. The van der Waals surface area contributed by atoms with Gasteiger partial charge in [-0.05, 0) is 24.6 Å². The van der Waals surface area contributed by atoms with Crippen LogP contribution in [0.4, 0.5) is 24.8 Å². The number of carbonyl (C=O) groups excluding carboxylic acids is 2. The van der Waals surface area contributed by atoms with Crippen molar-refractivity contribution >= 4 is 34.9 Å². The Hall–Kier alpha value is -2.68. The molecule has 1 amide bonds. The van der Waals surface area contributed by atoms with Crippen molar-refractivity contribution < 1.29 is 22.8 Å². The van der Waals surface area contributed by atoms with E-state index in [1.54, 1.807) is 13.0 Å². The zero-order valence-electron chi connectivity index (χ0n) is 14.9. The molecule has 10 heteroatoms. The number of carbonyl (C=O) groups is 2.